The van der Waals surface area contributed by atoms with Gasteiger partial charge in [-0.25, -0.2) is 4.39 Å². The summed E-state index contributed by atoms with van der Waals surface area (Å²) in [6.07, 6.45) is -1.12. The predicted octanol–water partition coefficient (Wildman–Crippen LogP) is 6.84. The lowest BCUT2D eigenvalue weighted by Crippen LogP contribution is -2.28. The first-order valence-corrected chi connectivity index (χ1v) is 8.82. The van der Waals surface area contributed by atoms with Crippen LogP contribution in [0.5, 0.6) is 0 Å². The van der Waals surface area contributed by atoms with Crippen LogP contribution in [-0.2, 0) is 6.18 Å². The molecule has 6 heteroatoms. The normalized spacial score (nSPS) is 12.5. The fraction of sp³-hybridized carbons (Fsp3) is 0.364. The highest BCUT2D eigenvalue weighted by Crippen LogP contribution is 2.35. The molecule has 0 aliphatic heterocycles. The molecule has 0 amide bonds. The molecule has 1 aromatic carbocycles. The van der Waals surface area contributed by atoms with E-state index in [1.807, 2.05) is 18.7 Å². The summed E-state index contributed by atoms with van der Waals surface area (Å²) in [6, 6.07) is 3.85. The number of rotatable bonds is 9. The van der Waals surface area contributed by atoms with Crippen molar-refractivity contribution in [1.29, 1.82) is 0 Å². The van der Waals surface area contributed by atoms with Gasteiger partial charge in [0.2, 0.25) is 0 Å². The quantitative estimate of drug-likeness (QED) is 0.363. The maximum atomic E-state index is 14.0. The van der Waals surface area contributed by atoms with Crippen LogP contribution in [0.1, 0.15) is 31.4 Å². The Labute approximate surface area is 164 Å². The van der Waals surface area contributed by atoms with Gasteiger partial charge in [-0.15, -0.1) is 0 Å². The molecule has 0 atom stereocenters. The van der Waals surface area contributed by atoms with Crippen LogP contribution in [0.25, 0.3) is 0 Å². The number of hydrogen-bond acceptors (Lipinski definition) is 2. The van der Waals surface area contributed by atoms with Crippen molar-refractivity contribution in [3.8, 4) is 0 Å². The molecular formula is C22H28F4N2. The number of benzene rings is 1. The average Bonchev–Trinajstić information content (AvgIpc) is 2.58. The third-order valence-electron chi connectivity index (χ3n) is 4.72. The molecule has 1 N–H and O–H groups in total. The Morgan fingerprint density at radius 1 is 1.21 bits per heavy atom. The minimum atomic E-state index is -4.38. The van der Waals surface area contributed by atoms with Crippen molar-refractivity contribution in [3.63, 3.8) is 0 Å². The summed E-state index contributed by atoms with van der Waals surface area (Å²) in [7, 11) is 1.81. The molecule has 0 aliphatic carbocycles. The summed E-state index contributed by atoms with van der Waals surface area (Å²) in [5.41, 5.74) is -0.103. The molecule has 2 nitrogen and oxygen atoms in total. The minimum Gasteiger partial charge on any atom is -0.362 e. The maximum Gasteiger partial charge on any atom is 0.416 e. The van der Waals surface area contributed by atoms with E-state index in [0.717, 1.165) is 6.07 Å². The topological polar surface area (TPSA) is 15.3 Å². The Morgan fingerprint density at radius 3 is 2.32 bits per heavy atom. The molecule has 0 saturated heterocycles. The van der Waals surface area contributed by atoms with Gasteiger partial charge >= 0.3 is 6.18 Å². The molecule has 28 heavy (non-hydrogen) atoms. The van der Waals surface area contributed by atoms with Gasteiger partial charge in [-0.1, -0.05) is 39.7 Å². The van der Waals surface area contributed by atoms with Crippen molar-refractivity contribution < 1.29 is 17.6 Å². The SMILES string of the molecule is C=C/C=C(/F)C(=C)C(C)(C)CCN(C)C(=C)Nc1ccc(C(F)(F)F)c(C)c1. The standard InChI is InChI=1S/C22H28F4N2/c1-8-9-20(23)16(3)21(5,6)12-13-28(7)17(4)27-18-10-11-19(15(2)14-18)22(24,25)26/h8-11,14,27H,1,3-4,12-13H2,2,5-7H3/b20-9+. The zero-order valence-corrected chi connectivity index (χ0v) is 16.9. The van der Waals surface area contributed by atoms with Crippen molar-refractivity contribution >= 4 is 5.69 Å². The lowest BCUT2D eigenvalue weighted by molar-refractivity contribution is -0.138. The summed E-state index contributed by atoms with van der Waals surface area (Å²) in [5.74, 6) is 0.127. The Kier molecular flexibility index (Phi) is 7.67. The molecule has 0 fully saturated rings. The Bertz CT molecular complexity index is 773. The van der Waals surface area contributed by atoms with Crippen LogP contribution in [0.15, 0.2) is 67.3 Å². The van der Waals surface area contributed by atoms with Crippen LogP contribution in [0.2, 0.25) is 0 Å². The second-order valence-electron chi connectivity index (χ2n) is 7.38. The van der Waals surface area contributed by atoms with E-state index in [4.69, 9.17) is 0 Å². The van der Waals surface area contributed by atoms with Crippen molar-refractivity contribution in [2.24, 2.45) is 5.41 Å². The number of hydrogen-bond donors (Lipinski definition) is 1. The van der Waals surface area contributed by atoms with Gasteiger partial charge in [0.25, 0.3) is 0 Å². The molecule has 1 rings (SSSR count). The fourth-order valence-electron chi connectivity index (χ4n) is 2.58. The van der Waals surface area contributed by atoms with E-state index in [1.165, 1.54) is 31.2 Å². The van der Waals surface area contributed by atoms with E-state index in [9.17, 15) is 17.6 Å². The highest BCUT2D eigenvalue weighted by atomic mass is 19.4. The Hall–Kier alpha value is -2.50. The van der Waals surface area contributed by atoms with Gasteiger partial charge in [-0.05, 0) is 54.2 Å². The summed E-state index contributed by atoms with van der Waals surface area (Å²) in [5, 5.41) is 3.01. The first-order valence-electron chi connectivity index (χ1n) is 8.82. The van der Waals surface area contributed by atoms with E-state index in [-0.39, 0.29) is 5.56 Å². The van der Waals surface area contributed by atoms with Crippen LogP contribution in [-0.4, -0.2) is 18.5 Å². The first-order chi connectivity index (χ1) is 12.8. The van der Waals surface area contributed by atoms with Crippen LogP contribution in [0, 0.1) is 12.3 Å². The molecule has 0 aliphatic rings. The number of nitrogens with zero attached hydrogens (tertiary/aromatic N) is 1. The van der Waals surface area contributed by atoms with Gasteiger partial charge in [0.05, 0.1) is 11.4 Å². The van der Waals surface area contributed by atoms with Gasteiger partial charge in [0.15, 0.2) is 0 Å². The molecule has 0 unspecified atom stereocenters. The first kappa shape index (κ1) is 23.5. The van der Waals surface area contributed by atoms with Crippen LogP contribution < -0.4 is 5.32 Å². The lowest BCUT2D eigenvalue weighted by Gasteiger charge is -2.31. The number of aryl methyl sites for hydroxylation is 1. The van der Waals surface area contributed by atoms with E-state index in [0.29, 0.717) is 30.0 Å². The summed E-state index contributed by atoms with van der Waals surface area (Å²) >= 11 is 0. The zero-order valence-electron chi connectivity index (χ0n) is 16.9. The van der Waals surface area contributed by atoms with Gasteiger partial charge in [-0.2, -0.15) is 13.2 Å². The zero-order chi connectivity index (χ0) is 21.7. The maximum absolute atomic E-state index is 14.0. The Balaban J connectivity index is 2.74. The Morgan fingerprint density at radius 2 is 1.82 bits per heavy atom. The number of halogens is 4. The van der Waals surface area contributed by atoms with Gasteiger partial charge < -0.3 is 10.2 Å². The lowest BCUT2D eigenvalue weighted by atomic mass is 9.81. The van der Waals surface area contributed by atoms with Crippen molar-refractivity contribution in [2.45, 2.75) is 33.4 Å². The molecule has 1 aromatic rings. The molecule has 0 heterocycles. The monoisotopic (exact) mass is 396 g/mol. The summed E-state index contributed by atoms with van der Waals surface area (Å²) in [4.78, 5) is 1.83. The highest BCUT2D eigenvalue weighted by Gasteiger charge is 2.32. The molecular weight excluding hydrogens is 368 g/mol. The van der Waals surface area contributed by atoms with Crippen LogP contribution in [0.4, 0.5) is 23.2 Å². The van der Waals surface area contributed by atoms with Gasteiger partial charge in [0.1, 0.15) is 5.83 Å². The molecule has 0 radical (unpaired) electrons. The highest BCUT2D eigenvalue weighted by molar-refractivity contribution is 5.52. The van der Waals surface area contributed by atoms with E-state index in [1.54, 1.807) is 7.05 Å². The molecule has 154 valence electrons. The number of alkyl halides is 3. The fourth-order valence-corrected chi connectivity index (χ4v) is 2.58. The number of allylic oxidation sites excluding steroid dienone is 4. The average molecular weight is 396 g/mol. The smallest absolute Gasteiger partial charge is 0.362 e. The van der Waals surface area contributed by atoms with E-state index in [2.05, 4.69) is 25.1 Å². The second kappa shape index (κ2) is 9.13. The van der Waals surface area contributed by atoms with E-state index >= 15 is 0 Å². The van der Waals surface area contributed by atoms with Crippen LogP contribution in [0.3, 0.4) is 0 Å². The van der Waals surface area contributed by atoms with Crippen molar-refractivity contribution in [1.82, 2.24) is 4.90 Å². The number of nitrogens with one attached hydrogen (secondary N) is 1. The predicted molar refractivity (Wildman–Crippen MR) is 108 cm³/mol. The summed E-state index contributed by atoms with van der Waals surface area (Å²) in [6.45, 7) is 17.0. The molecule has 0 saturated carbocycles. The third kappa shape index (κ3) is 6.29. The van der Waals surface area contributed by atoms with Crippen molar-refractivity contribution in [3.05, 3.63) is 78.4 Å². The van der Waals surface area contributed by atoms with Crippen LogP contribution >= 0.6 is 0 Å². The number of anilines is 1. The van der Waals surface area contributed by atoms with Gasteiger partial charge in [-0.3, -0.25) is 0 Å². The van der Waals surface area contributed by atoms with Gasteiger partial charge in [0, 0.05) is 19.3 Å². The molecule has 0 aromatic heterocycles. The summed E-state index contributed by atoms with van der Waals surface area (Å²) < 4.78 is 52.6. The minimum absolute atomic E-state index is 0.134. The van der Waals surface area contributed by atoms with Crippen molar-refractivity contribution in [2.75, 3.05) is 18.9 Å². The van der Waals surface area contributed by atoms with E-state index < -0.39 is 23.0 Å². The molecule has 0 bridgehead atoms. The second-order valence-corrected chi connectivity index (χ2v) is 7.38. The largest absolute Gasteiger partial charge is 0.416 e. The molecule has 0 spiro atoms. The third-order valence-corrected chi connectivity index (χ3v) is 4.72.